The van der Waals surface area contributed by atoms with Crippen molar-refractivity contribution in [2.45, 2.75) is 32.5 Å². The van der Waals surface area contributed by atoms with Crippen molar-refractivity contribution >= 4 is 11.6 Å². The molecule has 3 N–H and O–H groups in total. The molecule has 0 aliphatic heterocycles. The standard InChI is InChI=1S/C13H17F3N2O2/c1-8(2)17-6-5-12(20)18-10-7-9(13(14,15)16)3-4-11(10)19/h3-4,7-8,17,19H,5-6H2,1-2H3,(H,18,20). The third-order valence-corrected chi connectivity index (χ3v) is 2.50. The predicted molar refractivity (Wildman–Crippen MR) is 69.5 cm³/mol. The lowest BCUT2D eigenvalue weighted by atomic mass is 10.1. The Morgan fingerprint density at radius 2 is 2.00 bits per heavy atom. The third-order valence-electron chi connectivity index (χ3n) is 2.50. The van der Waals surface area contributed by atoms with Gasteiger partial charge in [0.1, 0.15) is 5.75 Å². The summed E-state index contributed by atoms with van der Waals surface area (Å²) in [5.41, 5.74) is -1.17. The summed E-state index contributed by atoms with van der Waals surface area (Å²) in [4.78, 5) is 11.6. The summed E-state index contributed by atoms with van der Waals surface area (Å²) < 4.78 is 37.6. The van der Waals surface area contributed by atoms with Crippen molar-refractivity contribution in [1.29, 1.82) is 0 Å². The van der Waals surface area contributed by atoms with Gasteiger partial charge in [0.25, 0.3) is 0 Å². The summed E-state index contributed by atoms with van der Waals surface area (Å²) in [6.07, 6.45) is -4.42. The first-order valence-electron chi connectivity index (χ1n) is 6.13. The molecule has 0 spiro atoms. The number of anilines is 1. The fourth-order valence-electron chi connectivity index (χ4n) is 1.50. The highest BCUT2D eigenvalue weighted by atomic mass is 19.4. The van der Waals surface area contributed by atoms with Crippen molar-refractivity contribution in [2.75, 3.05) is 11.9 Å². The van der Waals surface area contributed by atoms with E-state index < -0.39 is 23.4 Å². The monoisotopic (exact) mass is 290 g/mol. The molecule has 1 aromatic carbocycles. The number of aromatic hydroxyl groups is 1. The molecule has 1 amide bonds. The van der Waals surface area contributed by atoms with Gasteiger partial charge in [-0.3, -0.25) is 4.79 Å². The Morgan fingerprint density at radius 1 is 1.35 bits per heavy atom. The molecule has 0 saturated heterocycles. The highest BCUT2D eigenvalue weighted by Gasteiger charge is 2.31. The second kappa shape index (κ2) is 6.60. The summed E-state index contributed by atoms with van der Waals surface area (Å²) in [5, 5.41) is 14.7. The van der Waals surface area contributed by atoms with Gasteiger partial charge in [0.2, 0.25) is 5.91 Å². The van der Waals surface area contributed by atoms with Crippen molar-refractivity contribution in [3.8, 4) is 5.75 Å². The van der Waals surface area contributed by atoms with Crippen molar-refractivity contribution in [1.82, 2.24) is 5.32 Å². The molecule has 0 aromatic heterocycles. The molecule has 0 atom stereocenters. The first-order valence-corrected chi connectivity index (χ1v) is 6.13. The van der Waals surface area contributed by atoms with Crippen LogP contribution in [-0.4, -0.2) is 23.6 Å². The number of amides is 1. The maximum absolute atomic E-state index is 12.5. The zero-order valence-electron chi connectivity index (χ0n) is 11.2. The largest absolute Gasteiger partial charge is 0.506 e. The van der Waals surface area contributed by atoms with E-state index in [-0.39, 0.29) is 18.2 Å². The minimum absolute atomic E-state index is 0.105. The van der Waals surface area contributed by atoms with Gasteiger partial charge in [-0.05, 0) is 18.2 Å². The van der Waals surface area contributed by atoms with E-state index in [2.05, 4.69) is 10.6 Å². The molecule has 0 unspecified atom stereocenters. The molecular weight excluding hydrogens is 273 g/mol. The molecule has 1 rings (SSSR count). The molecule has 7 heteroatoms. The normalized spacial score (nSPS) is 11.7. The van der Waals surface area contributed by atoms with Gasteiger partial charge in [0.05, 0.1) is 11.3 Å². The number of hydrogen-bond acceptors (Lipinski definition) is 3. The highest BCUT2D eigenvalue weighted by molar-refractivity contribution is 5.92. The van der Waals surface area contributed by atoms with Gasteiger partial charge in [-0.2, -0.15) is 13.2 Å². The zero-order chi connectivity index (χ0) is 15.3. The van der Waals surface area contributed by atoms with E-state index in [0.717, 1.165) is 12.1 Å². The minimum Gasteiger partial charge on any atom is -0.506 e. The summed E-state index contributed by atoms with van der Waals surface area (Å²) in [5.74, 6) is -0.865. The topological polar surface area (TPSA) is 61.4 Å². The van der Waals surface area contributed by atoms with Gasteiger partial charge in [-0.15, -0.1) is 0 Å². The maximum atomic E-state index is 12.5. The van der Waals surface area contributed by atoms with Crippen LogP contribution in [0, 0.1) is 0 Å². The number of halogens is 3. The third kappa shape index (κ3) is 5.08. The number of nitrogens with one attached hydrogen (secondary N) is 2. The Labute approximate surface area is 115 Å². The van der Waals surface area contributed by atoms with Crippen LogP contribution in [0.5, 0.6) is 5.75 Å². The van der Waals surface area contributed by atoms with Gasteiger partial charge in [-0.1, -0.05) is 13.8 Å². The fraction of sp³-hybridized carbons (Fsp3) is 0.462. The lowest BCUT2D eigenvalue weighted by molar-refractivity contribution is -0.137. The number of phenols is 1. The van der Waals surface area contributed by atoms with E-state index in [9.17, 15) is 23.1 Å². The Bertz CT molecular complexity index is 473. The molecule has 20 heavy (non-hydrogen) atoms. The summed E-state index contributed by atoms with van der Waals surface area (Å²) in [7, 11) is 0. The molecule has 4 nitrogen and oxygen atoms in total. The van der Waals surface area contributed by atoms with E-state index in [0.29, 0.717) is 12.6 Å². The smallest absolute Gasteiger partial charge is 0.416 e. The Kier molecular flexibility index (Phi) is 5.38. The van der Waals surface area contributed by atoms with E-state index >= 15 is 0 Å². The van der Waals surface area contributed by atoms with Crippen LogP contribution in [0.4, 0.5) is 18.9 Å². The zero-order valence-corrected chi connectivity index (χ0v) is 11.2. The van der Waals surface area contributed by atoms with Crippen LogP contribution in [0.25, 0.3) is 0 Å². The lowest BCUT2D eigenvalue weighted by Gasteiger charge is -2.12. The minimum atomic E-state index is -4.52. The first-order chi connectivity index (χ1) is 9.20. The fourth-order valence-corrected chi connectivity index (χ4v) is 1.50. The van der Waals surface area contributed by atoms with E-state index in [1.165, 1.54) is 0 Å². The van der Waals surface area contributed by atoms with Crippen LogP contribution in [-0.2, 0) is 11.0 Å². The van der Waals surface area contributed by atoms with Crippen molar-refractivity contribution in [2.24, 2.45) is 0 Å². The second-order valence-electron chi connectivity index (χ2n) is 4.64. The molecule has 0 radical (unpaired) electrons. The molecule has 112 valence electrons. The van der Waals surface area contributed by atoms with Crippen LogP contribution in [0.1, 0.15) is 25.8 Å². The predicted octanol–water partition coefficient (Wildman–Crippen LogP) is 2.74. The molecule has 1 aromatic rings. The van der Waals surface area contributed by atoms with E-state index in [1.807, 2.05) is 13.8 Å². The summed E-state index contributed by atoms with van der Waals surface area (Å²) >= 11 is 0. The van der Waals surface area contributed by atoms with Gasteiger partial charge in [0, 0.05) is 19.0 Å². The number of carbonyl (C=O) groups excluding carboxylic acids is 1. The molecule has 0 heterocycles. The Balaban J connectivity index is 2.69. The SMILES string of the molecule is CC(C)NCCC(=O)Nc1cc(C(F)(F)F)ccc1O. The molecule has 0 fully saturated rings. The van der Waals surface area contributed by atoms with E-state index in [1.54, 1.807) is 0 Å². The van der Waals surface area contributed by atoms with Crippen LogP contribution in [0.15, 0.2) is 18.2 Å². The van der Waals surface area contributed by atoms with Gasteiger partial charge in [0.15, 0.2) is 0 Å². The second-order valence-corrected chi connectivity index (χ2v) is 4.64. The summed E-state index contributed by atoms with van der Waals surface area (Å²) in [6, 6.07) is 2.59. The van der Waals surface area contributed by atoms with Crippen LogP contribution in [0.3, 0.4) is 0 Å². The number of alkyl halides is 3. The quantitative estimate of drug-likeness (QED) is 0.731. The van der Waals surface area contributed by atoms with Gasteiger partial charge in [-0.25, -0.2) is 0 Å². The van der Waals surface area contributed by atoms with Crippen LogP contribution < -0.4 is 10.6 Å². The molecule has 0 aliphatic carbocycles. The Hall–Kier alpha value is -1.76. The number of benzene rings is 1. The molecule has 0 aliphatic rings. The number of hydrogen-bond donors (Lipinski definition) is 3. The average Bonchev–Trinajstić information content (AvgIpc) is 2.30. The average molecular weight is 290 g/mol. The van der Waals surface area contributed by atoms with Crippen LogP contribution in [0.2, 0.25) is 0 Å². The number of carbonyl (C=O) groups is 1. The van der Waals surface area contributed by atoms with E-state index in [4.69, 9.17) is 0 Å². The van der Waals surface area contributed by atoms with Crippen LogP contribution >= 0.6 is 0 Å². The number of phenolic OH excluding ortho intramolecular Hbond substituents is 1. The Morgan fingerprint density at radius 3 is 2.55 bits per heavy atom. The molecule has 0 saturated carbocycles. The molecule has 0 bridgehead atoms. The number of rotatable bonds is 5. The maximum Gasteiger partial charge on any atom is 0.416 e. The lowest BCUT2D eigenvalue weighted by Crippen LogP contribution is -2.27. The van der Waals surface area contributed by atoms with Crippen molar-refractivity contribution < 1.29 is 23.1 Å². The molecular formula is C13H17F3N2O2. The highest BCUT2D eigenvalue weighted by Crippen LogP contribution is 2.34. The van der Waals surface area contributed by atoms with Gasteiger partial charge < -0.3 is 15.7 Å². The van der Waals surface area contributed by atoms with Crippen molar-refractivity contribution in [3.63, 3.8) is 0 Å². The summed E-state index contributed by atoms with van der Waals surface area (Å²) in [6.45, 7) is 4.23. The first kappa shape index (κ1) is 16.3. The van der Waals surface area contributed by atoms with Gasteiger partial charge >= 0.3 is 6.18 Å². The van der Waals surface area contributed by atoms with Crippen molar-refractivity contribution in [3.05, 3.63) is 23.8 Å².